The smallest absolute Gasteiger partial charge is 0.263 e. The van der Waals surface area contributed by atoms with Crippen LogP contribution in [-0.4, -0.2) is 27.0 Å². The minimum Gasteiger partial charge on any atom is -0.476 e. The number of rotatable bonds is 7. The average molecular weight is 513 g/mol. The van der Waals surface area contributed by atoms with Gasteiger partial charge in [0, 0.05) is 0 Å². The Labute approximate surface area is 217 Å². The number of carbonyl (C=O) groups is 1. The van der Waals surface area contributed by atoms with Gasteiger partial charge in [0.1, 0.15) is 5.75 Å². The Hall–Kier alpha value is -4.10. The highest BCUT2D eigenvalue weighted by Crippen LogP contribution is 2.36. The molecule has 0 unspecified atom stereocenters. The lowest BCUT2D eigenvalue weighted by Gasteiger charge is -2.35. The van der Waals surface area contributed by atoms with Crippen LogP contribution in [0.25, 0.3) is 0 Å². The first kappa shape index (κ1) is 24.6. The number of sulfonamides is 1. The molecule has 2 atom stereocenters. The molecule has 0 saturated heterocycles. The number of amides is 1. The lowest BCUT2D eigenvalue weighted by molar-refractivity contribution is -0.128. The van der Waals surface area contributed by atoms with Gasteiger partial charge in [-0.3, -0.25) is 9.10 Å². The van der Waals surface area contributed by atoms with Crippen LogP contribution < -0.4 is 14.4 Å². The quantitative estimate of drug-likeness (QED) is 0.378. The highest BCUT2D eigenvalue weighted by atomic mass is 32.2. The van der Waals surface area contributed by atoms with Crippen molar-refractivity contribution in [2.45, 2.75) is 24.8 Å². The molecule has 1 heterocycles. The second-order valence-corrected chi connectivity index (χ2v) is 11.0. The molecule has 0 spiro atoms. The van der Waals surface area contributed by atoms with Crippen LogP contribution in [-0.2, 0) is 20.6 Å². The summed E-state index contributed by atoms with van der Waals surface area (Å²) < 4.78 is 34.4. The largest absolute Gasteiger partial charge is 0.476 e. The Balaban J connectivity index is 1.44. The van der Waals surface area contributed by atoms with Crippen molar-refractivity contribution in [1.82, 2.24) is 5.32 Å². The normalized spacial score (nSPS) is 15.8. The summed E-state index contributed by atoms with van der Waals surface area (Å²) in [5, 5.41) is 3.11. The molecule has 0 aliphatic carbocycles. The third-order valence-electron chi connectivity index (χ3n) is 6.39. The van der Waals surface area contributed by atoms with Crippen LogP contribution >= 0.6 is 0 Å². The number of nitrogens with one attached hydrogen (secondary N) is 1. The first-order valence-electron chi connectivity index (χ1n) is 12.1. The lowest BCUT2D eigenvalue weighted by Crippen LogP contribution is -2.51. The summed E-state index contributed by atoms with van der Waals surface area (Å²) in [5.74, 6) is -0.201. The Morgan fingerprint density at radius 3 is 2.16 bits per heavy atom. The predicted molar refractivity (Wildman–Crippen MR) is 145 cm³/mol. The third kappa shape index (κ3) is 5.52. The minimum atomic E-state index is -3.78. The van der Waals surface area contributed by atoms with E-state index in [1.165, 1.54) is 4.31 Å². The van der Waals surface area contributed by atoms with Crippen LogP contribution in [0.15, 0.2) is 109 Å². The standard InChI is InChI=1S/C30H28N2O4S/c1-22-16-18-25(19-17-22)29(24-12-6-3-7-13-24)31-30(33)28-20-32(26-14-8-9-15-27(26)36-28)37(34,35)21-23-10-4-2-5-11-23/h2-19,28-29H,20-21H2,1H3,(H,31,33)/t28-,29-/m1/s1. The molecule has 1 amide bonds. The van der Waals surface area contributed by atoms with Crippen LogP contribution in [0.4, 0.5) is 5.69 Å². The van der Waals surface area contributed by atoms with Gasteiger partial charge in [0.05, 0.1) is 24.0 Å². The number of aryl methyl sites for hydroxylation is 1. The molecule has 7 heteroatoms. The Morgan fingerprint density at radius 2 is 1.46 bits per heavy atom. The van der Waals surface area contributed by atoms with Crippen LogP contribution in [0.5, 0.6) is 5.75 Å². The number of fused-ring (bicyclic) bond motifs is 1. The zero-order valence-electron chi connectivity index (χ0n) is 20.4. The van der Waals surface area contributed by atoms with E-state index in [9.17, 15) is 13.2 Å². The maximum atomic E-state index is 13.6. The summed E-state index contributed by atoms with van der Waals surface area (Å²) in [7, 11) is -3.78. The van der Waals surface area contributed by atoms with E-state index in [1.54, 1.807) is 36.4 Å². The van der Waals surface area contributed by atoms with Crippen molar-refractivity contribution in [3.63, 3.8) is 0 Å². The summed E-state index contributed by atoms with van der Waals surface area (Å²) in [4.78, 5) is 13.6. The molecule has 0 radical (unpaired) electrons. The van der Waals surface area contributed by atoms with Gasteiger partial charge in [-0.05, 0) is 35.7 Å². The number of hydrogen-bond acceptors (Lipinski definition) is 4. The highest BCUT2D eigenvalue weighted by molar-refractivity contribution is 7.92. The SMILES string of the molecule is Cc1ccc([C@H](NC(=O)[C@H]2CN(S(=O)(=O)Cc3ccccc3)c3ccccc3O2)c2ccccc2)cc1. The molecule has 0 saturated carbocycles. The summed E-state index contributed by atoms with van der Waals surface area (Å²) in [6.07, 6.45) is -1.02. The monoisotopic (exact) mass is 512 g/mol. The van der Waals surface area contributed by atoms with Gasteiger partial charge in [-0.1, -0.05) is 103 Å². The molecule has 4 aromatic carbocycles. The molecule has 1 N–H and O–H groups in total. The van der Waals surface area contributed by atoms with Crippen molar-refractivity contribution in [3.8, 4) is 5.75 Å². The fraction of sp³-hybridized carbons (Fsp3) is 0.167. The number of carbonyl (C=O) groups excluding carboxylic acids is 1. The molecular weight excluding hydrogens is 484 g/mol. The van der Waals surface area contributed by atoms with Crippen molar-refractivity contribution in [2.75, 3.05) is 10.8 Å². The number of para-hydroxylation sites is 2. The third-order valence-corrected chi connectivity index (χ3v) is 8.10. The number of hydrogen-bond donors (Lipinski definition) is 1. The molecule has 4 aromatic rings. The summed E-state index contributed by atoms with van der Waals surface area (Å²) in [5.41, 5.74) is 4.07. The van der Waals surface area contributed by atoms with Gasteiger partial charge in [-0.25, -0.2) is 8.42 Å². The highest BCUT2D eigenvalue weighted by Gasteiger charge is 2.37. The Kier molecular flexibility index (Phi) is 6.97. The van der Waals surface area contributed by atoms with Gasteiger partial charge in [-0.2, -0.15) is 0 Å². The summed E-state index contributed by atoms with van der Waals surface area (Å²) in [6.45, 7) is 1.89. The van der Waals surface area contributed by atoms with E-state index < -0.39 is 22.2 Å². The van der Waals surface area contributed by atoms with E-state index in [0.717, 1.165) is 16.7 Å². The summed E-state index contributed by atoms with van der Waals surface area (Å²) in [6, 6.07) is 33.2. The van der Waals surface area contributed by atoms with Gasteiger partial charge in [0.25, 0.3) is 5.91 Å². The number of nitrogens with zero attached hydrogens (tertiary/aromatic N) is 1. The fourth-order valence-electron chi connectivity index (χ4n) is 4.46. The Morgan fingerprint density at radius 1 is 0.865 bits per heavy atom. The van der Waals surface area contributed by atoms with E-state index in [1.807, 2.05) is 79.7 Å². The zero-order chi connectivity index (χ0) is 25.8. The van der Waals surface area contributed by atoms with Crippen LogP contribution in [0.1, 0.15) is 28.3 Å². The van der Waals surface area contributed by atoms with Crippen molar-refractivity contribution in [3.05, 3.63) is 131 Å². The zero-order valence-corrected chi connectivity index (χ0v) is 21.3. The van der Waals surface area contributed by atoms with E-state index in [0.29, 0.717) is 17.0 Å². The molecule has 188 valence electrons. The predicted octanol–water partition coefficient (Wildman–Crippen LogP) is 5.00. The van der Waals surface area contributed by atoms with Gasteiger partial charge < -0.3 is 10.1 Å². The average Bonchev–Trinajstić information content (AvgIpc) is 2.92. The second kappa shape index (κ2) is 10.5. The second-order valence-electron chi connectivity index (χ2n) is 9.11. The van der Waals surface area contributed by atoms with Crippen molar-refractivity contribution >= 4 is 21.6 Å². The number of ether oxygens (including phenoxy) is 1. The van der Waals surface area contributed by atoms with Gasteiger partial charge in [-0.15, -0.1) is 0 Å². The molecule has 5 rings (SSSR count). The minimum absolute atomic E-state index is 0.118. The molecule has 1 aliphatic rings. The first-order valence-corrected chi connectivity index (χ1v) is 13.7. The van der Waals surface area contributed by atoms with Crippen molar-refractivity contribution in [2.24, 2.45) is 0 Å². The fourth-order valence-corrected chi connectivity index (χ4v) is 6.05. The van der Waals surface area contributed by atoms with E-state index in [2.05, 4.69) is 5.32 Å². The summed E-state index contributed by atoms with van der Waals surface area (Å²) >= 11 is 0. The first-order chi connectivity index (χ1) is 17.9. The van der Waals surface area contributed by atoms with Gasteiger partial charge in [0.15, 0.2) is 6.10 Å². The van der Waals surface area contributed by atoms with Crippen LogP contribution in [0.3, 0.4) is 0 Å². The maximum Gasteiger partial charge on any atom is 0.263 e. The molecule has 0 bridgehead atoms. The Bertz CT molecular complexity index is 1470. The number of anilines is 1. The molecule has 1 aliphatic heterocycles. The van der Waals surface area contributed by atoms with Crippen molar-refractivity contribution in [1.29, 1.82) is 0 Å². The molecule has 6 nitrogen and oxygen atoms in total. The molecule has 37 heavy (non-hydrogen) atoms. The van der Waals surface area contributed by atoms with E-state index >= 15 is 0 Å². The van der Waals surface area contributed by atoms with Crippen LogP contribution in [0, 0.1) is 6.92 Å². The lowest BCUT2D eigenvalue weighted by atomic mass is 9.97. The van der Waals surface area contributed by atoms with Gasteiger partial charge >= 0.3 is 0 Å². The van der Waals surface area contributed by atoms with Crippen LogP contribution in [0.2, 0.25) is 0 Å². The molecule has 0 fully saturated rings. The van der Waals surface area contributed by atoms with E-state index in [4.69, 9.17) is 4.74 Å². The van der Waals surface area contributed by atoms with Crippen molar-refractivity contribution < 1.29 is 17.9 Å². The maximum absolute atomic E-state index is 13.6. The molecule has 0 aromatic heterocycles. The number of benzene rings is 4. The topological polar surface area (TPSA) is 75.7 Å². The van der Waals surface area contributed by atoms with Gasteiger partial charge in [0.2, 0.25) is 10.0 Å². The van der Waals surface area contributed by atoms with E-state index in [-0.39, 0.29) is 18.2 Å². The molecular formula is C30H28N2O4S.